The molecular weight excluding hydrogens is 895 g/mol. The Bertz CT molecular complexity index is 4300. The molecule has 0 aliphatic rings. The summed E-state index contributed by atoms with van der Waals surface area (Å²) in [4.78, 5) is 5.58. The molecule has 0 saturated heterocycles. The van der Waals surface area contributed by atoms with Gasteiger partial charge in [0.15, 0.2) is 0 Å². The van der Waals surface area contributed by atoms with E-state index in [0.717, 1.165) is 89.0 Å². The molecular formula is C71H47N3. The molecule has 14 rings (SSSR count). The summed E-state index contributed by atoms with van der Waals surface area (Å²) in [5.74, 6) is 0.862. The third-order valence-electron chi connectivity index (χ3n) is 14.7. The molecule has 3 nitrogen and oxygen atoms in total. The van der Waals surface area contributed by atoms with Gasteiger partial charge in [-0.15, -0.1) is 0 Å². The van der Waals surface area contributed by atoms with Crippen molar-refractivity contribution >= 4 is 43.6 Å². The highest BCUT2D eigenvalue weighted by atomic mass is 15.1. The average Bonchev–Trinajstić information content (AvgIpc) is 4.05. The second kappa shape index (κ2) is 18.1. The van der Waals surface area contributed by atoms with Crippen molar-refractivity contribution < 1.29 is 0 Å². The van der Waals surface area contributed by atoms with Crippen LogP contribution in [0.5, 0.6) is 0 Å². The minimum atomic E-state index is 0.862. The van der Waals surface area contributed by atoms with Crippen LogP contribution >= 0.6 is 0 Å². The molecule has 346 valence electrons. The molecule has 0 bridgehead atoms. The highest BCUT2D eigenvalue weighted by Gasteiger charge is 2.23. The fraction of sp³-hybridized carbons (Fsp3) is 0. The molecule has 14 aromatic rings. The molecule has 0 radical (unpaired) electrons. The quantitative estimate of drug-likeness (QED) is 0.141. The van der Waals surface area contributed by atoms with Gasteiger partial charge in [0.25, 0.3) is 0 Å². The van der Waals surface area contributed by atoms with Gasteiger partial charge in [0, 0.05) is 43.9 Å². The summed E-state index contributed by atoms with van der Waals surface area (Å²) in [5, 5.41) is 4.73. The van der Waals surface area contributed by atoms with Crippen molar-refractivity contribution in [2.24, 2.45) is 0 Å². The molecule has 3 heterocycles. The van der Waals surface area contributed by atoms with E-state index in [1.165, 1.54) is 44.1 Å². The van der Waals surface area contributed by atoms with Crippen molar-refractivity contribution in [1.82, 2.24) is 14.1 Å². The lowest BCUT2D eigenvalue weighted by Gasteiger charge is -2.15. The average molecular weight is 942 g/mol. The summed E-state index contributed by atoms with van der Waals surface area (Å²) in [6.07, 6.45) is 0. The molecule has 0 spiro atoms. The molecule has 0 amide bonds. The lowest BCUT2D eigenvalue weighted by molar-refractivity contribution is 1.08. The molecule has 0 aliphatic carbocycles. The number of aromatic nitrogens is 3. The molecule has 0 N–H and O–H groups in total. The van der Waals surface area contributed by atoms with E-state index < -0.39 is 0 Å². The summed E-state index contributed by atoms with van der Waals surface area (Å²) in [7, 11) is 0. The van der Waals surface area contributed by atoms with Gasteiger partial charge in [0.1, 0.15) is 5.82 Å². The number of nitrogens with zero attached hydrogens (tertiary/aromatic N) is 3. The van der Waals surface area contributed by atoms with Gasteiger partial charge >= 0.3 is 0 Å². The maximum Gasteiger partial charge on any atom is 0.138 e. The van der Waals surface area contributed by atoms with E-state index in [-0.39, 0.29) is 0 Å². The van der Waals surface area contributed by atoms with Crippen molar-refractivity contribution in [3.63, 3.8) is 0 Å². The third kappa shape index (κ3) is 7.50. The van der Waals surface area contributed by atoms with Crippen molar-refractivity contribution in [2.45, 2.75) is 0 Å². The number of hydrogen-bond acceptors (Lipinski definition) is 1. The lowest BCUT2D eigenvalue weighted by Crippen LogP contribution is -2.01. The Balaban J connectivity index is 1.06. The summed E-state index contributed by atoms with van der Waals surface area (Å²) < 4.78 is 4.87. The van der Waals surface area contributed by atoms with E-state index in [4.69, 9.17) is 4.98 Å². The normalized spacial score (nSPS) is 11.5. The molecule has 0 fully saturated rings. The molecule has 0 aliphatic heterocycles. The maximum atomic E-state index is 5.58. The van der Waals surface area contributed by atoms with Crippen LogP contribution in [0.25, 0.3) is 133 Å². The Morgan fingerprint density at radius 3 is 1.03 bits per heavy atom. The minimum absolute atomic E-state index is 0.862. The van der Waals surface area contributed by atoms with Gasteiger partial charge in [-0.05, 0) is 128 Å². The molecule has 3 heteroatoms. The fourth-order valence-electron chi connectivity index (χ4n) is 11.2. The van der Waals surface area contributed by atoms with E-state index >= 15 is 0 Å². The number of rotatable bonds is 9. The number of benzene rings is 11. The fourth-order valence-corrected chi connectivity index (χ4v) is 11.2. The molecule has 0 unspecified atom stereocenters. The van der Waals surface area contributed by atoms with E-state index in [2.05, 4.69) is 294 Å². The standard InChI is InChI=1S/C71H47N3/c1-8-22-48(23-9-1)56-42-60(51-28-14-4-15-29-51)70-64(44-56)62-40-54(36-38-67(62)73(70)59-34-20-7-21-35-59)55-37-39-68-63(41-55)65-45-57(49-24-10-2-11-25-49)43-61(52-30-16-5-17-31-52)71(65)74(68)69-47-58(50-26-12-3-13-27-50)46-66(72-69)53-32-18-6-19-33-53/h1-47H. The molecule has 0 atom stereocenters. The van der Waals surface area contributed by atoms with E-state index in [0.29, 0.717) is 0 Å². The highest BCUT2D eigenvalue weighted by Crippen LogP contribution is 2.46. The number of pyridine rings is 1. The van der Waals surface area contributed by atoms with Crippen LogP contribution in [0.15, 0.2) is 285 Å². The summed E-state index contributed by atoms with van der Waals surface area (Å²) in [6, 6.07) is 103. The van der Waals surface area contributed by atoms with Crippen LogP contribution in [0.2, 0.25) is 0 Å². The number of para-hydroxylation sites is 1. The first-order valence-electron chi connectivity index (χ1n) is 25.4. The van der Waals surface area contributed by atoms with Crippen LogP contribution in [0.1, 0.15) is 0 Å². The van der Waals surface area contributed by atoms with Gasteiger partial charge < -0.3 is 4.57 Å². The van der Waals surface area contributed by atoms with Gasteiger partial charge in [-0.2, -0.15) is 0 Å². The SMILES string of the molecule is c1ccc(-c2cc(-c3ccccc3)nc(-n3c4ccc(-c5ccc6c(c5)c5cc(-c7ccccc7)cc(-c7ccccc7)c5n6-c5ccccc5)cc4c4cc(-c5ccccc5)cc(-c5ccccc5)c43)c2)cc1. The second-order valence-corrected chi connectivity index (χ2v) is 19.1. The van der Waals surface area contributed by atoms with Crippen LogP contribution in [0.4, 0.5) is 0 Å². The zero-order valence-corrected chi connectivity index (χ0v) is 40.5. The van der Waals surface area contributed by atoms with E-state index in [9.17, 15) is 0 Å². The molecule has 11 aromatic carbocycles. The second-order valence-electron chi connectivity index (χ2n) is 19.1. The predicted octanol–water partition coefficient (Wildman–Crippen LogP) is 18.9. The molecule has 74 heavy (non-hydrogen) atoms. The van der Waals surface area contributed by atoms with Crippen LogP contribution in [-0.4, -0.2) is 14.1 Å². The van der Waals surface area contributed by atoms with Crippen molar-refractivity contribution in [2.75, 3.05) is 0 Å². The molecule has 0 saturated carbocycles. The Hall–Kier alpha value is -9.83. The van der Waals surface area contributed by atoms with Gasteiger partial charge in [-0.3, -0.25) is 4.57 Å². The lowest BCUT2D eigenvalue weighted by atomic mass is 9.94. The van der Waals surface area contributed by atoms with Crippen molar-refractivity contribution in [3.05, 3.63) is 285 Å². The highest BCUT2D eigenvalue weighted by molar-refractivity contribution is 6.18. The van der Waals surface area contributed by atoms with E-state index in [1.54, 1.807) is 0 Å². The third-order valence-corrected chi connectivity index (χ3v) is 14.7. The topological polar surface area (TPSA) is 22.8 Å². The summed E-state index contributed by atoms with van der Waals surface area (Å²) in [6.45, 7) is 0. The minimum Gasteiger partial charge on any atom is -0.309 e. The Morgan fingerprint density at radius 1 is 0.230 bits per heavy atom. The molecule has 3 aromatic heterocycles. The number of hydrogen-bond donors (Lipinski definition) is 0. The van der Waals surface area contributed by atoms with Crippen LogP contribution in [-0.2, 0) is 0 Å². The van der Waals surface area contributed by atoms with E-state index in [1.807, 2.05) is 0 Å². The smallest absolute Gasteiger partial charge is 0.138 e. The zero-order chi connectivity index (χ0) is 49.0. The number of fused-ring (bicyclic) bond motifs is 6. The Morgan fingerprint density at radius 2 is 0.581 bits per heavy atom. The van der Waals surface area contributed by atoms with Gasteiger partial charge in [0.05, 0.1) is 27.8 Å². The van der Waals surface area contributed by atoms with Crippen molar-refractivity contribution in [3.8, 4) is 89.5 Å². The maximum absolute atomic E-state index is 5.58. The van der Waals surface area contributed by atoms with Gasteiger partial charge in [-0.1, -0.05) is 212 Å². The first kappa shape index (κ1) is 43.0. The predicted molar refractivity (Wildman–Crippen MR) is 311 cm³/mol. The van der Waals surface area contributed by atoms with Crippen LogP contribution < -0.4 is 0 Å². The van der Waals surface area contributed by atoms with Crippen molar-refractivity contribution in [1.29, 1.82) is 0 Å². The van der Waals surface area contributed by atoms with Crippen LogP contribution in [0, 0.1) is 0 Å². The van der Waals surface area contributed by atoms with Gasteiger partial charge in [0.2, 0.25) is 0 Å². The Labute approximate surface area is 430 Å². The largest absolute Gasteiger partial charge is 0.309 e. The zero-order valence-electron chi connectivity index (χ0n) is 40.5. The monoisotopic (exact) mass is 941 g/mol. The van der Waals surface area contributed by atoms with Gasteiger partial charge in [-0.25, -0.2) is 4.98 Å². The first-order valence-corrected chi connectivity index (χ1v) is 25.4. The first-order chi connectivity index (χ1) is 36.7. The summed E-state index contributed by atoms with van der Waals surface area (Å²) in [5.41, 5.74) is 21.6. The van der Waals surface area contributed by atoms with Crippen LogP contribution in [0.3, 0.4) is 0 Å². The summed E-state index contributed by atoms with van der Waals surface area (Å²) >= 11 is 0. The Kier molecular flexibility index (Phi) is 10.5.